The predicted octanol–water partition coefficient (Wildman–Crippen LogP) is 3.16. The Morgan fingerprint density at radius 1 is 1.11 bits per heavy atom. The lowest BCUT2D eigenvalue weighted by Gasteiger charge is -2.22. The van der Waals surface area contributed by atoms with Crippen molar-refractivity contribution in [3.05, 3.63) is 59.2 Å². The number of amides is 1. The lowest BCUT2D eigenvalue weighted by Crippen LogP contribution is -2.36. The maximum absolute atomic E-state index is 13.4. The van der Waals surface area contributed by atoms with Gasteiger partial charge in [0, 0.05) is 13.1 Å². The second-order valence-corrected chi connectivity index (χ2v) is 6.13. The van der Waals surface area contributed by atoms with Gasteiger partial charge in [-0.2, -0.15) is 0 Å². The highest BCUT2D eigenvalue weighted by Gasteiger charge is 2.17. The topological polar surface area (TPSA) is 76.1 Å². The lowest BCUT2D eigenvalue weighted by molar-refractivity contribution is -0.139. The van der Waals surface area contributed by atoms with E-state index >= 15 is 0 Å². The highest BCUT2D eigenvalue weighted by atomic mass is 19.2. The van der Waals surface area contributed by atoms with Crippen molar-refractivity contribution in [2.75, 3.05) is 20.3 Å². The summed E-state index contributed by atoms with van der Waals surface area (Å²) in [4.78, 5) is 24.6. The maximum Gasteiger partial charge on any atom is 0.305 e. The van der Waals surface area contributed by atoms with Gasteiger partial charge in [-0.1, -0.05) is 6.07 Å². The Hall–Kier alpha value is -3.16. The summed E-state index contributed by atoms with van der Waals surface area (Å²) in [6.07, 6.45) is -0.281. The van der Waals surface area contributed by atoms with E-state index in [2.05, 4.69) is 0 Å². The molecule has 0 spiro atoms. The first kappa shape index (κ1) is 21.1. The number of carbonyl (C=O) groups is 2. The first-order valence-corrected chi connectivity index (χ1v) is 8.51. The molecule has 0 bridgehead atoms. The lowest BCUT2D eigenvalue weighted by atomic mass is 10.2. The fraction of sp³-hybridized carbons (Fsp3) is 0.300. The quantitative estimate of drug-likeness (QED) is 0.708. The van der Waals surface area contributed by atoms with Crippen molar-refractivity contribution < 1.29 is 33.0 Å². The van der Waals surface area contributed by atoms with Crippen LogP contribution in [0.2, 0.25) is 0 Å². The SMILES string of the molecule is COc1ccc(OCC(=O)N(CCC(=O)O)Cc2ccc(F)c(F)c2)cc1C. The number of hydrogen-bond donors (Lipinski definition) is 1. The van der Waals surface area contributed by atoms with Crippen molar-refractivity contribution in [2.45, 2.75) is 19.9 Å². The minimum atomic E-state index is -1.07. The number of carbonyl (C=O) groups excluding carboxylic acids is 1. The van der Waals surface area contributed by atoms with Crippen LogP contribution in [0.25, 0.3) is 0 Å². The minimum absolute atomic E-state index is 0.0612. The fourth-order valence-electron chi connectivity index (χ4n) is 2.56. The standard InChI is InChI=1S/C20H21F2NO5/c1-13-9-15(4-6-18(13)27-2)28-12-19(24)23(8-7-20(25)26)11-14-3-5-16(21)17(22)10-14/h3-6,9-10H,7-8,11-12H2,1-2H3,(H,25,26). The summed E-state index contributed by atoms with van der Waals surface area (Å²) < 4.78 is 37.1. The summed E-state index contributed by atoms with van der Waals surface area (Å²) in [6.45, 7) is 1.36. The predicted molar refractivity (Wildman–Crippen MR) is 97.3 cm³/mol. The molecule has 1 amide bonds. The molecule has 8 heteroatoms. The first-order valence-electron chi connectivity index (χ1n) is 8.51. The summed E-state index contributed by atoms with van der Waals surface area (Å²) in [5, 5.41) is 8.89. The van der Waals surface area contributed by atoms with Crippen LogP contribution in [0.1, 0.15) is 17.5 Å². The number of halogens is 2. The monoisotopic (exact) mass is 393 g/mol. The maximum atomic E-state index is 13.4. The van der Waals surface area contributed by atoms with E-state index < -0.39 is 23.5 Å². The van der Waals surface area contributed by atoms with E-state index in [1.54, 1.807) is 25.3 Å². The van der Waals surface area contributed by atoms with E-state index in [1.165, 1.54) is 11.0 Å². The number of nitrogens with zero attached hydrogens (tertiary/aromatic N) is 1. The van der Waals surface area contributed by atoms with Crippen LogP contribution in [0.15, 0.2) is 36.4 Å². The number of hydrogen-bond acceptors (Lipinski definition) is 4. The Kier molecular flexibility index (Phi) is 7.31. The molecule has 0 aromatic heterocycles. The molecular weight excluding hydrogens is 372 g/mol. The van der Waals surface area contributed by atoms with Gasteiger partial charge in [-0.05, 0) is 48.4 Å². The highest BCUT2D eigenvalue weighted by Crippen LogP contribution is 2.23. The van der Waals surface area contributed by atoms with Gasteiger partial charge in [0.25, 0.3) is 5.91 Å². The zero-order valence-corrected chi connectivity index (χ0v) is 15.6. The number of aliphatic carboxylic acids is 1. The van der Waals surface area contributed by atoms with Crippen LogP contribution >= 0.6 is 0 Å². The molecule has 0 fully saturated rings. The van der Waals surface area contributed by atoms with E-state index in [0.717, 1.165) is 17.7 Å². The second-order valence-electron chi connectivity index (χ2n) is 6.13. The number of methoxy groups -OCH3 is 1. The van der Waals surface area contributed by atoms with Gasteiger partial charge in [0.05, 0.1) is 13.5 Å². The summed E-state index contributed by atoms with van der Waals surface area (Å²) in [5.74, 6) is -2.44. The van der Waals surface area contributed by atoms with Gasteiger partial charge in [-0.3, -0.25) is 9.59 Å². The molecule has 0 heterocycles. The normalized spacial score (nSPS) is 10.4. The third-order valence-electron chi connectivity index (χ3n) is 4.03. The molecule has 0 aliphatic heterocycles. The van der Waals surface area contributed by atoms with Gasteiger partial charge in [0.2, 0.25) is 0 Å². The van der Waals surface area contributed by atoms with Crippen LogP contribution in [0.5, 0.6) is 11.5 Å². The number of carboxylic acid groups (broad SMARTS) is 1. The third kappa shape index (κ3) is 5.94. The molecule has 1 N–H and O–H groups in total. The smallest absolute Gasteiger partial charge is 0.305 e. The number of benzene rings is 2. The average Bonchev–Trinajstić information content (AvgIpc) is 2.66. The zero-order chi connectivity index (χ0) is 20.7. The van der Waals surface area contributed by atoms with E-state index in [-0.39, 0.29) is 26.1 Å². The highest BCUT2D eigenvalue weighted by molar-refractivity contribution is 5.78. The van der Waals surface area contributed by atoms with Crippen LogP contribution in [0.4, 0.5) is 8.78 Å². The molecule has 2 aromatic rings. The van der Waals surface area contributed by atoms with Crippen LogP contribution in [-0.2, 0) is 16.1 Å². The number of rotatable bonds is 9. The molecule has 28 heavy (non-hydrogen) atoms. The number of aryl methyl sites for hydroxylation is 1. The molecule has 0 unspecified atom stereocenters. The van der Waals surface area contributed by atoms with Gasteiger partial charge < -0.3 is 19.5 Å². The van der Waals surface area contributed by atoms with E-state index in [1.807, 2.05) is 6.92 Å². The van der Waals surface area contributed by atoms with Crippen molar-refractivity contribution in [1.82, 2.24) is 4.90 Å². The van der Waals surface area contributed by atoms with Crippen LogP contribution in [0, 0.1) is 18.6 Å². The molecule has 2 aromatic carbocycles. The molecule has 0 aliphatic rings. The molecule has 0 atom stereocenters. The summed E-state index contributed by atoms with van der Waals surface area (Å²) in [6, 6.07) is 8.34. The van der Waals surface area contributed by atoms with Gasteiger partial charge in [0.1, 0.15) is 11.5 Å². The molecule has 150 valence electrons. The molecule has 6 nitrogen and oxygen atoms in total. The Morgan fingerprint density at radius 3 is 2.46 bits per heavy atom. The van der Waals surface area contributed by atoms with Crippen molar-refractivity contribution in [1.29, 1.82) is 0 Å². The van der Waals surface area contributed by atoms with Crippen molar-refractivity contribution >= 4 is 11.9 Å². The van der Waals surface area contributed by atoms with E-state index in [0.29, 0.717) is 17.1 Å². The largest absolute Gasteiger partial charge is 0.496 e. The second kappa shape index (κ2) is 9.68. The van der Waals surface area contributed by atoms with E-state index in [9.17, 15) is 18.4 Å². The van der Waals surface area contributed by atoms with Crippen molar-refractivity contribution in [3.63, 3.8) is 0 Å². The Labute approximate surface area is 161 Å². The molecular formula is C20H21F2NO5. The van der Waals surface area contributed by atoms with Gasteiger partial charge in [0.15, 0.2) is 18.2 Å². The number of carboxylic acids is 1. The molecule has 0 saturated carbocycles. The molecule has 0 radical (unpaired) electrons. The zero-order valence-electron chi connectivity index (χ0n) is 15.6. The minimum Gasteiger partial charge on any atom is -0.496 e. The summed E-state index contributed by atoms with van der Waals surface area (Å²) in [7, 11) is 1.55. The molecule has 0 aliphatic carbocycles. The Balaban J connectivity index is 2.06. The molecule has 0 saturated heterocycles. The van der Waals surface area contributed by atoms with E-state index in [4.69, 9.17) is 14.6 Å². The third-order valence-corrected chi connectivity index (χ3v) is 4.03. The van der Waals surface area contributed by atoms with Gasteiger partial charge >= 0.3 is 5.97 Å². The van der Waals surface area contributed by atoms with Gasteiger partial charge in [-0.15, -0.1) is 0 Å². The van der Waals surface area contributed by atoms with Crippen molar-refractivity contribution in [2.24, 2.45) is 0 Å². The van der Waals surface area contributed by atoms with Crippen molar-refractivity contribution in [3.8, 4) is 11.5 Å². The van der Waals surface area contributed by atoms with Crippen LogP contribution in [0.3, 0.4) is 0 Å². The summed E-state index contributed by atoms with van der Waals surface area (Å²) in [5.41, 5.74) is 1.18. The number of ether oxygens (including phenoxy) is 2. The first-order chi connectivity index (χ1) is 13.3. The summed E-state index contributed by atoms with van der Waals surface area (Å²) >= 11 is 0. The average molecular weight is 393 g/mol. The Morgan fingerprint density at radius 2 is 1.86 bits per heavy atom. The van der Waals surface area contributed by atoms with Gasteiger partial charge in [-0.25, -0.2) is 8.78 Å². The fourth-order valence-corrected chi connectivity index (χ4v) is 2.56. The Bertz CT molecular complexity index is 856. The molecule has 2 rings (SSSR count). The van der Waals surface area contributed by atoms with Crippen LogP contribution in [-0.4, -0.2) is 42.1 Å². The van der Waals surface area contributed by atoms with Crippen LogP contribution < -0.4 is 9.47 Å².